The summed E-state index contributed by atoms with van der Waals surface area (Å²) in [4.78, 5) is 14.4. The van der Waals surface area contributed by atoms with Gasteiger partial charge in [0.05, 0.1) is 19.3 Å². The van der Waals surface area contributed by atoms with E-state index in [1.54, 1.807) is 24.3 Å². The number of nitrogens with zero attached hydrogens (tertiary/aromatic N) is 1. The summed E-state index contributed by atoms with van der Waals surface area (Å²) in [6, 6.07) is 10.0. The number of benzene rings is 1. The van der Waals surface area contributed by atoms with Gasteiger partial charge in [0.15, 0.2) is 3.77 Å². The van der Waals surface area contributed by atoms with Crippen molar-refractivity contribution in [3.8, 4) is 0 Å². The average molecular weight is 470 g/mol. The molecule has 3 rings (SSSR count). The molecule has 1 saturated heterocycles. The number of rotatable bonds is 6. The quantitative estimate of drug-likeness (QED) is 0.521. The van der Waals surface area contributed by atoms with Crippen molar-refractivity contribution in [2.24, 2.45) is 0 Å². The van der Waals surface area contributed by atoms with E-state index in [0.717, 1.165) is 22.4 Å². The Hall–Kier alpha value is -1.71. The molecular formula is C19H20FIN2O3. The van der Waals surface area contributed by atoms with Gasteiger partial charge in [0.2, 0.25) is 5.91 Å². The zero-order chi connectivity index (χ0) is 18.4. The molecule has 1 aliphatic rings. The van der Waals surface area contributed by atoms with Gasteiger partial charge >= 0.3 is 0 Å². The topological polar surface area (TPSA) is 54.7 Å². The van der Waals surface area contributed by atoms with Crippen molar-refractivity contribution in [1.29, 1.82) is 0 Å². The fourth-order valence-electron chi connectivity index (χ4n) is 2.86. The number of carbonyl (C=O) groups excluding carboxylic acids is 1. The van der Waals surface area contributed by atoms with Gasteiger partial charge in [-0.3, -0.25) is 9.69 Å². The van der Waals surface area contributed by atoms with E-state index < -0.39 is 0 Å². The van der Waals surface area contributed by atoms with Gasteiger partial charge in [-0.05, 0) is 58.5 Å². The van der Waals surface area contributed by atoms with Gasteiger partial charge < -0.3 is 14.5 Å². The molecule has 26 heavy (non-hydrogen) atoms. The summed E-state index contributed by atoms with van der Waals surface area (Å²) in [5.41, 5.74) is 0.971. The lowest BCUT2D eigenvalue weighted by atomic mass is 10.0. The number of halogens is 2. The SMILES string of the molecule is O=C(/C=C/c1ccc(I)o1)NCC(c1ccc(F)cc1)N1CCOCC1. The number of nitrogens with one attached hydrogen (secondary N) is 1. The molecule has 1 N–H and O–H groups in total. The fourth-order valence-corrected chi connectivity index (χ4v) is 3.30. The van der Waals surface area contributed by atoms with Crippen LogP contribution in [0.4, 0.5) is 4.39 Å². The van der Waals surface area contributed by atoms with Crippen LogP contribution in [0.1, 0.15) is 17.4 Å². The maximum absolute atomic E-state index is 13.2. The Bertz CT molecular complexity index is 754. The number of carbonyl (C=O) groups is 1. The summed E-state index contributed by atoms with van der Waals surface area (Å²) in [7, 11) is 0. The van der Waals surface area contributed by atoms with Crippen LogP contribution in [0.2, 0.25) is 0 Å². The van der Waals surface area contributed by atoms with Crippen molar-refractivity contribution in [3.05, 3.63) is 63.4 Å². The first-order valence-electron chi connectivity index (χ1n) is 8.40. The van der Waals surface area contributed by atoms with Crippen molar-refractivity contribution >= 4 is 34.6 Å². The van der Waals surface area contributed by atoms with Crippen molar-refractivity contribution in [1.82, 2.24) is 10.2 Å². The third kappa shape index (κ3) is 5.39. The highest BCUT2D eigenvalue weighted by molar-refractivity contribution is 14.1. The monoisotopic (exact) mass is 470 g/mol. The van der Waals surface area contributed by atoms with E-state index in [-0.39, 0.29) is 17.8 Å². The Kier molecular flexibility index (Phi) is 6.81. The van der Waals surface area contributed by atoms with Gasteiger partial charge in [-0.25, -0.2) is 4.39 Å². The van der Waals surface area contributed by atoms with Crippen LogP contribution in [0.25, 0.3) is 6.08 Å². The van der Waals surface area contributed by atoms with Gasteiger partial charge in [-0.2, -0.15) is 0 Å². The summed E-state index contributed by atoms with van der Waals surface area (Å²) in [5, 5.41) is 2.92. The molecule has 1 amide bonds. The summed E-state index contributed by atoms with van der Waals surface area (Å²) in [5.74, 6) is 0.166. The third-order valence-corrected chi connectivity index (χ3v) is 4.78. The normalized spacial score (nSPS) is 16.7. The first-order valence-corrected chi connectivity index (χ1v) is 9.48. The molecule has 1 atom stereocenters. The molecule has 0 saturated carbocycles. The van der Waals surface area contributed by atoms with Gasteiger partial charge in [0.25, 0.3) is 0 Å². The molecule has 0 aliphatic carbocycles. The maximum atomic E-state index is 13.2. The molecule has 1 aromatic heterocycles. The molecule has 1 aromatic carbocycles. The number of furan rings is 1. The first kappa shape index (κ1) is 19.1. The summed E-state index contributed by atoms with van der Waals surface area (Å²) < 4.78 is 24.8. The minimum absolute atomic E-state index is 0.0265. The van der Waals surface area contributed by atoms with Crippen LogP contribution in [-0.2, 0) is 9.53 Å². The van der Waals surface area contributed by atoms with E-state index in [1.807, 2.05) is 6.07 Å². The van der Waals surface area contributed by atoms with E-state index in [9.17, 15) is 9.18 Å². The van der Waals surface area contributed by atoms with Crippen LogP contribution in [0.15, 0.2) is 46.9 Å². The largest absolute Gasteiger partial charge is 0.451 e. The number of morpholine rings is 1. The molecule has 1 unspecified atom stereocenters. The smallest absolute Gasteiger partial charge is 0.244 e. The number of hydrogen-bond donors (Lipinski definition) is 1. The highest BCUT2D eigenvalue weighted by Crippen LogP contribution is 2.21. The molecule has 1 fully saturated rings. The Morgan fingerprint density at radius 1 is 1.23 bits per heavy atom. The van der Waals surface area contributed by atoms with Crippen LogP contribution >= 0.6 is 22.6 Å². The zero-order valence-electron chi connectivity index (χ0n) is 14.2. The first-order chi connectivity index (χ1) is 12.6. The number of hydrogen-bond acceptors (Lipinski definition) is 4. The summed E-state index contributed by atoms with van der Waals surface area (Å²) in [6.45, 7) is 3.30. The van der Waals surface area contributed by atoms with Crippen LogP contribution in [-0.4, -0.2) is 43.7 Å². The van der Waals surface area contributed by atoms with Gasteiger partial charge in [0, 0.05) is 25.7 Å². The van der Waals surface area contributed by atoms with Gasteiger partial charge in [-0.1, -0.05) is 12.1 Å². The lowest BCUT2D eigenvalue weighted by molar-refractivity contribution is -0.116. The Morgan fingerprint density at radius 2 is 1.96 bits per heavy atom. The number of ether oxygens (including phenoxy) is 1. The van der Waals surface area contributed by atoms with E-state index in [1.165, 1.54) is 18.2 Å². The molecule has 2 aromatic rings. The van der Waals surface area contributed by atoms with Gasteiger partial charge in [-0.15, -0.1) is 0 Å². The number of amides is 1. The molecule has 0 bridgehead atoms. The minimum Gasteiger partial charge on any atom is -0.451 e. The summed E-state index contributed by atoms with van der Waals surface area (Å²) in [6.07, 6.45) is 3.09. The summed E-state index contributed by atoms with van der Waals surface area (Å²) >= 11 is 2.07. The Balaban J connectivity index is 1.64. The van der Waals surface area contributed by atoms with Crippen LogP contribution in [0.3, 0.4) is 0 Å². The van der Waals surface area contributed by atoms with Crippen LogP contribution in [0, 0.1) is 9.58 Å². The van der Waals surface area contributed by atoms with E-state index in [2.05, 4.69) is 32.8 Å². The van der Waals surface area contributed by atoms with Gasteiger partial charge in [0.1, 0.15) is 11.6 Å². The molecule has 7 heteroatoms. The minimum atomic E-state index is -0.269. The predicted molar refractivity (Wildman–Crippen MR) is 105 cm³/mol. The van der Waals surface area contributed by atoms with Crippen molar-refractivity contribution in [2.75, 3.05) is 32.8 Å². The molecule has 2 heterocycles. The standard InChI is InChI=1S/C19H20FIN2O3/c20-15-3-1-14(2-4-15)17(23-9-11-25-12-10-23)13-22-19(24)8-6-16-5-7-18(21)26-16/h1-8,17H,9-13H2,(H,22,24)/b8-6+. The van der Waals surface area contributed by atoms with Crippen molar-refractivity contribution in [2.45, 2.75) is 6.04 Å². The molecule has 0 spiro atoms. The second-order valence-corrected chi connectivity index (χ2v) is 7.00. The second-order valence-electron chi connectivity index (χ2n) is 5.94. The second kappa shape index (κ2) is 9.29. The Labute approximate surface area is 165 Å². The van der Waals surface area contributed by atoms with E-state index in [4.69, 9.17) is 9.15 Å². The van der Waals surface area contributed by atoms with E-state index >= 15 is 0 Å². The zero-order valence-corrected chi connectivity index (χ0v) is 16.3. The third-order valence-electron chi connectivity index (χ3n) is 4.20. The van der Waals surface area contributed by atoms with Crippen LogP contribution < -0.4 is 5.32 Å². The molecule has 138 valence electrons. The fraction of sp³-hybridized carbons (Fsp3) is 0.316. The van der Waals surface area contributed by atoms with E-state index in [0.29, 0.717) is 25.5 Å². The van der Waals surface area contributed by atoms with Crippen LogP contribution in [0.5, 0.6) is 0 Å². The van der Waals surface area contributed by atoms with Crippen molar-refractivity contribution in [3.63, 3.8) is 0 Å². The molecule has 1 aliphatic heterocycles. The maximum Gasteiger partial charge on any atom is 0.244 e. The molecule has 0 radical (unpaired) electrons. The lowest BCUT2D eigenvalue weighted by Crippen LogP contribution is -2.43. The highest BCUT2D eigenvalue weighted by atomic mass is 127. The van der Waals surface area contributed by atoms with Crippen molar-refractivity contribution < 1.29 is 18.3 Å². The Morgan fingerprint density at radius 3 is 2.62 bits per heavy atom. The highest BCUT2D eigenvalue weighted by Gasteiger charge is 2.23. The lowest BCUT2D eigenvalue weighted by Gasteiger charge is -2.34. The average Bonchev–Trinajstić information content (AvgIpc) is 3.08. The predicted octanol–water partition coefficient (Wildman–Crippen LogP) is 3.23. The molecule has 5 nitrogen and oxygen atoms in total. The molecular weight excluding hydrogens is 450 g/mol.